The summed E-state index contributed by atoms with van der Waals surface area (Å²) < 4.78 is 37.1. The molecular formula is C9H5ClF3N3S. The smallest absolute Gasteiger partial charge is 0.231 e. The zero-order valence-corrected chi connectivity index (χ0v) is 9.99. The highest BCUT2D eigenvalue weighted by Gasteiger charge is 2.34. The largest absolute Gasteiger partial charge is 0.434 e. The van der Waals surface area contributed by atoms with Crippen molar-refractivity contribution in [2.45, 2.75) is 13.1 Å². The van der Waals surface area contributed by atoms with Crippen LogP contribution in [0.25, 0.3) is 10.8 Å². The predicted octanol–water partition coefficient (Wildman–Crippen LogP) is 3.58. The van der Waals surface area contributed by atoms with Crippen LogP contribution in [0.4, 0.5) is 13.2 Å². The summed E-state index contributed by atoms with van der Waals surface area (Å²) in [6.07, 6.45) is -4.46. The number of rotatable bonds is 1. The zero-order chi connectivity index (χ0) is 12.6. The number of aryl methyl sites for hydroxylation is 1. The van der Waals surface area contributed by atoms with Crippen molar-refractivity contribution in [2.24, 2.45) is 0 Å². The Balaban J connectivity index is 2.44. The van der Waals surface area contributed by atoms with Crippen LogP contribution in [-0.2, 0) is 6.18 Å². The van der Waals surface area contributed by atoms with Crippen molar-refractivity contribution >= 4 is 22.9 Å². The first-order valence-electron chi connectivity index (χ1n) is 4.40. The van der Waals surface area contributed by atoms with E-state index in [1.54, 1.807) is 6.92 Å². The Morgan fingerprint density at radius 3 is 2.47 bits per heavy atom. The van der Waals surface area contributed by atoms with Gasteiger partial charge >= 0.3 is 6.18 Å². The quantitative estimate of drug-likeness (QED) is 0.749. The third-order valence-electron chi connectivity index (χ3n) is 1.81. The van der Waals surface area contributed by atoms with Gasteiger partial charge in [-0.15, -0.1) is 11.3 Å². The maximum Gasteiger partial charge on any atom is 0.434 e. The van der Waals surface area contributed by atoms with E-state index in [4.69, 9.17) is 11.6 Å². The minimum Gasteiger partial charge on any atom is -0.231 e. The van der Waals surface area contributed by atoms with Crippen molar-refractivity contribution in [2.75, 3.05) is 0 Å². The zero-order valence-electron chi connectivity index (χ0n) is 8.42. The van der Waals surface area contributed by atoms with Gasteiger partial charge in [-0.3, -0.25) is 0 Å². The van der Waals surface area contributed by atoms with Gasteiger partial charge in [0.15, 0.2) is 16.5 Å². The fourth-order valence-corrected chi connectivity index (χ4v) is 2.13. The maximum absolute atomic E-state index is 12.4. The predicted molar refractivity (Wildman–Crippen MR) is 57.9 cm³/mol. The van der Waals surface area contributed by atoms with Gasteiger partial charge in [0, 0.05) is 11.1 Å². The lowest BCUT2D eigenvalue weighted by atomic mass is 10.4. The molecule has 2 heterocycles. The standard InChI is InChI=1S/C9H5ClF3N3S/c1-4-2-6(10)16-7(14-4)8-15-5(3-17-8)9(11,12)13/h2-3H,1H3. The van der Waals surface area contributed by atoms with E-state index in [9.17, 15) is 13.2 Å². The molecule has 0 amide bonds. The van der Waals surface area contributed by atoms with Gasteiger partial charge in [0.2, 0.25) is 0 Å². The van der Waals surface area contributed by atoms with Gasteiger partial charge in [-0.05, 0) is 13.0 Å². The van der Waals surface area contributed by atoms with Gasteiger partial charge in [0.1, 0.15) is 5.15 Å². The van der Waals surface area contributed by atoms with Crippen molar-refractivity contribution in [3.05, 3.63) is 28.0 Å². The molecule has 0 aliphatic rings. The van der Waals surface area contributed by atoms with E-state index in [1.165, 1.54) is 6.07 Å². The second-order valence-corrected chi connectivity index (χ2v) is 4.44. The van der Waals surface area contributed by atoms with E-state index in [2.05, 4.69) is 15.0 Å². The number of aromatic nitrogens is 3. The Bertz CT molecular complexity index is 532. The SMILES string of the molecule is Cc1cc(Cl)nc(-c2nc(C(F)(F)F)cs2)n1. The van der Waals surface area contributed by atoms with Crippen molar-refractivity contribution in [3.63, 3.8) is 0 Å². The van der Waals surface area contributed by atoms with Crippen LogP contribution in [-0.4, -0.2) is 15.0 Å². The summed E-state index contributed by atoms with van der Waals surface area (Å²) in [4.78, 5) is 11.3. The highest BCUT2D eigenvalue weighted by molar-refractivity contribution is 7.13. The third kappa shape index (κ3) is 2.73. The monoisotopic (exact) mass is 279 g/mol. The second kappa shape index (κ2) is 4.23. The molecular weight excluding hydrogens is 275 g/mol. The minimum absolute atomic E-state index is 0.0999. The molecule has 90 valence electrons. The number of halogens is 4. The lowest BCUT2D eigenvalue weighted by molar-refractivity contribution is -0.140. The van der Waals surface area contributed by atoms with Crippen LogP contribution < -0.4 is 0 Å². The summed E-state index contributed by atoms with van der Waals surface area (Å²) in [5, 5.41) is 1.20. The van der Waals surface area contributed by atoms with Crippen LogP contribution in [0.5, 0.6) is 0 Å². The highest BCUT2D eigenvalue weighted by atomic mass is 35.5. The molecule has 0 aliphatic carbocycles. The molecule has 0 spiro atoms. The average molecular weight is 280 g/mol. The van der Waals surface area contributed by atoms with Crippen LogP contribution >= 0.6 is 22.9 Å². The van der Waals surface area contributed by atoms with E-state index >= 15 is 0 Å². The van der Waals surface area contributed by atoms with Crippen molar-refractivity contribution in [1.82, 2.24) is 15.0 Å². The minimum atomic E-state index is -4.46. The van der Waals surface area contributed by atoms with Gasteiger partial charge in [0.05, 0.1) is 0 Å². The molecule has 2 rings (SSSR count). The first-order valence-corrected chi connectivity index (χ1v) is 5.66. The van der Waals surface area contributed by atoms with Crippen LogP contribution in [0.15, 0.2) is 11.4 Å². The van der Waals surface area contributed by atoms with E-state index in [1.807, 2.05) is 0 Å². The Morgan fingerprint density at radius 1 is 1.24 bits per heavy atom. The molecule has 0 fully saturated rings. The Labute approximate surface area is 103 Å². The van der Waals surface area contributed by atoms with Crippen LogP contribution in [0.3, 0.4) is 0 Å². The maximum atomic E-state index is 12.4. The van der Waals surface area contributed by atoms with Crippen LogP contribution in [0.2, 0.25) is 5.15 Å². The Kier molecular flexibility index (Phi) is 3.05. The number of hydrogen-bond acceptors (Lipinski definition) is 4. The van der Waals surface area contributed by atoms with Crippen LogP contribution in [0, 0.1) is 6.92 Å². The first kappa shape index (κ1) is 12.3. The fraction of sp³-hybridized carbons (Fsp3) is 0.222. The van der Waals surface area contributed by atoms with Gasteiger partial charge in [-0.1, -0.05) is 11.6 Å². The Hall–Kier alpha value is -1.21. The number of hydrogen-bond donors (Lipinski definition) is 0. The normalized spacial score (nSPS) is 11.8. The average Bonchev–Trinajstić information content (AvgIpc) is 2.63. The number of nitrogens with zero attached hydrogens (tertiary/aromatic N) is 3. The van der Waals surface area contributed by atoms with E-state index in [0.29, 0.717) is 5.69 Å². The highest BCUT2D eigenvalue weighted by Crippen LogP contribution is 2.32. The lowest BCUT2D eigenvalue weighted by Crippen LogP contribution is -2.05. The molecule has 17 heavy (non-hydrogen) atoms. The first-order chi connectivity index (χ1) is 7.86. The summed E-state index contributed by atoms with van der Waals surface area (Å²) in [7, 11) is 0. The number of alkyl halides is 3. The van der Waals surface area contributed by atoms with E-state index in [-0.39, 0.29) is 16.0 Å². The molecule has 3 nitrogen and oxygen atoms in total. The molecule has 0 unspecified atom stereocenters. The second-order valence-electron chi connectivity index (χ2n) is 3.19. The molecule has 0 bridgehead atoms. The molecule has 0 saturated carbocycles. The van der Waals surface area contributed by atoms with Crippen molar-refractivity contribution in [3.8, 4) is 10.8 Å². The third-order valence-corrected chi connectivity index (χ3v) is 2.84. The fourth-order valence-electron chi connectivity index (χ4n) is 1.13. The topological polar surface area (TPSA) is 38.7 Å². The van der Waals surface area contributed by atoms with Crippen molar-refractivity contribution < 1.29 is 13.2 Å². The summed E-state index contributed by atoms with van der Waals surface area (Å²) in [6, 6.07) is 1.52. The summed E-state index contributed by atoms with van der Waals surface area (Å²) in [5.74, 6) is 0.107. The molecule has 0 aromatic carbocycles. The molecule has 0 atom stereocenters. The van der Waals surface area contributed by atoms with Gasteiger partial charge < -0.3 is 0 Å². The van der Waals surface area contributed by atoms with Gasteiger partial charge in [-0.25, -0.2) is 15.0 Å². The van der Waals surface area contributed by atoms with E-state index < -0.39 is 11.9 Å². The molecule has 8 heteroatoms. The Morgan fingerprint density at radius 2 is 1.94 bits per heavy atom. The lowest BCUT2D eigenvalue weighted by Gasteiger charge is -2.00. The van der Waals surface area contributed by atoms with Gasteiger partial charge in [-0.2, -0.15) is 13.2 Å². The molecule has 0 aliphatic heterocycles. The van der Waals surface area contributed by atoms with E-state index in [0.717, 1.165) is 16.7 Å². The van der Waals surface area contributed by atoms with Gasteiger partial charge in [0.25, 0.3) is 0 Å². The molecule has 0 N–H and O–H groups in total. The molecule has 2 aromatic heterocycles. The number of thiazole rings is 1. The molecule has 0 radical (unpaired) electrons. The van der Waals surface area contributed by atoms with Crippen LogP contribution in [0.1, 0.15) is 11.4 Å². The summed E-state index contributed by atoms with van der Waals surface area (Å²) in [5.41, 5.74) is -0.373. The molecule has 2 aromatic rings. The van der Waals surface area contributed by atoms with Crippen molar-refractivity contribution in [1.29, 1.82) is 0 Å². The summed E-state index contributed by atoms with van der Waals surface area (Å²) >= 11 is 6.53. The molecule has 0 saturated heterocycles. The summed E-state index contributed by atoms with van der Waals surface area (Å²) in [6.45, 7) is 1.68.